The number of aliphatic hydroxyl groups is 1. The standard InChI is InChI=1S/C29H38N4O2S/c1-21(22-8-3-2-4-9-22)30-29(35)27-23-10-5-6-11-25(23)31-28(26-12-7-19-36-26)24(27)20-33-15-13-32(14-16-33)17-18-34/h5-7,10-12,19,21-22,34H,2-4,8-9,13-18,20H2,1H3,(H,30,35)/t21-/m0/s1. The number of nitrogens with zero attached hydrogens (tertiary/aromatic N) is 3. The summed E-state index contributed by atoms with van der Waals surface area (Å²) in [4.78, 5) is 25.0. The molecule has 3 heterocycles. The Morgan fingerprint density at radius 1 is 1.08 bits per heavy atom. The number of hydrogen-bond donors (Lipinski definition) is 2. The number of carbonyl (C=O) groups is 1. The molecule has 1 saturated carbocycles. The first-order chi connectivity index (χ1) is 17.6. The number of benzene rings is 1. The summed E-state index contributed by atoms with van der Waals surface area (Å²) in [6, 6.07) is 12.4. The first kappa shape index (κ1) is 25.3. The third-order valence-corrected chi connectivity index (χ3v) is 8.83. The van der Waals surface area contributed by atoms with Crippen molar-refractivity contribution in [1.82, 2.24) is 20.1 Å². The van der Waals surface area contributed by atoms with Crippen LogP contribution in [0, 0.1) is 5.92 Å². The number of carbonyl (C=O) groups excluding carboxylic acids is 1. The molecule has 2 fully saturated rings. The number of piperazine rings is 1. The van der Waals surface area contributed by atoms with Crippen molar-refractivity contribution in [2.24, 2.45) is 5.92 Å². The van der Waals surface area contributed by atoms with Crippen LogP contribution in [0.25, 0.3) is 21.5 Å². The largest absolute Gasteiger partial charge is 0.395 e. The molecule has 0 spiro atoms. The summed E-state index contributed by atoms with van der Waals surface area (Å²) in [5.74, 6) is 0.578. The number of nitrogens with one attached hydrogen (secondary N) is 1. The number of thiophene rings is 1. The van der Waals surface area contributed by atoms with Crippen LogP contribution in [0.1, 0.15) is 54.9 Å². The average Bonchev–Trinajstić information content (AvgIpc) is 3.45. The van der Waals surface area contributed by atoms with Crippen molar-refractivity contribution < 1.29 is 9.90 Å². The molecule has 36 heavy (non-hydrogen) atoms. The van der Waals surface area contributed by atoms with Gasteiger partial charge in [0.05, 0.1) is 28.3 Å². The molecule has 7 heteroatoms. The molecule has 0 unspecified atom stereocenters. The zero-order valence-electron chi connectivity index (χ0n) is 21.3. The molecular weight excluding hydrogens is 468 g/mol. The molecule has 192 valence electrons. The Balaban J connectivity index is 1.52. The summed E-state index contributed by atoms with van der Waals surface area (Å²) in [6.07, 6.45) is 6.23. The number of para-hydroxylation sites is 1. The van der Waals surface area contributed by atoms with E-state index >= 15 is 0 Å². The van der Waals surface area contributed by atoms with Gasteiger partial charge in [-0.25, -0.2) is 4.98 Å². The highest BCUT2D eigenvalue weighted by Gasteiger charge is 2.28. The maximum atomic E-state index is 14.0. The lowest BCUT2D eigenvalue weighted by Gasteiger charge is -2.35. The first-order valence-electron chi connectivity index (χ1n) is 13.5. The fourth-order valence-electron chi connectivity index (χ4n) is 5.85. The Kier molecular flexibility index (Phi) is 8.32. The van der Waals surface area contributed by atoms with Crippen molar-refractivity contribution in [1.29, 1.82) is 0 Å². The minimum atomic E-state index is 0.0263. The topological polar surface area (TPSA) is 68.7 Å². The van der Waals surface area contributed by atoms with Crippen molar-refractivity contribution >= 4 is 28.1 Å². The lowest BCUT2D eigenvalue weighted by molar-refractivity contribution is 0.0913. The van der Waals surface area contributed by atoms with Gasteiger partial charge in [-0.1, -0.05) is 43.5 Å². The quantitative estimate of drug-likeness (QED) is 0.461. The van der Waals surface area contributed by atoms with Crippen molar-refractivity contribution in [2.45, 2.75) is 51.6 Å². The van der Waals surface area contributed by atoms with Gasteiger partial charge in [0, 0.05) is 56.3 Å². The van der Waals surface area contributed by atoms with Gasteiger partial charge in [-0.15, -0.1) is 11.3 Å². The van der Waals surface area contributed by atoms with Crippen LogP contribution in [0.5, 0.6) is 0 Å². The van der Waals surface area contributed by atoms with Crippen LogP contribution in [-0.2, 0) is 6.54 Å². The number of aromatic nitrogens is 1. The average molecular weight is 507 g/mol. The molecule has 1 saturated heterocycles. The van der Waals surface area contributed by atoms with Crippen molar-refractivity contribution in [2.75, 3.05) is 39.3 Å². The van der Waals surface area contributed by atoms with E-state index in [1.54, 1.807) is 11.3 Å². The fourth-order valence-corrected chi connectivity index (χ4v) is 6.59. The van der Waals surface area contributed by atoms with Crippen LogP contribution >= 0.6 is 11.3 Å². The van der Waals surface area contributed by atoms with Crippen molar-refractivity contribution in [3.63, 3.8) is 0 Å². The maximum Gasteiger partial charge on any atom is 0.252 e. The molecule has 1 aliphatic carbocycles. The Morgan fingerprint density at radius 2 is 1.83 bits per heavy atom. The third kappa shape index (κ3) is 5.65. The first-order valence-corrected chi connectivity index (χ1v) is 14.3. The van der Waals surface area contributed by atoms with E-state index in [4.69, 9.17) is 4.98 Å². The van der Waals surface area contributed by atoms with E-state index in [0.29, 0.717) is 12.5 Å². The van der Waals surface area contributed by atoms with E-state index in [0.717, 1.165) is 65.3 Å². The van der Waals surface area contributed by atoms with Gasteiger partial charge in [0.15, 0.2) is 0 Å². The highest BCUT2D eigenvalue weighted by Crippen LogP contribution is 2.34. The summed E-state index contributed by atoms with van der Waals surface area (Å²) >= 11 is 1.68. The van der Waals surface area contributed by atoms with Gasteiger partial charge < -0.3 is 10.4 Å². The molecule has 5 rings (SSSR count). The van der Waals surface area contributed by atoms with Gasteiger partial charge in [0.25, 0.3) is 5.91 Å². The normalized spacial score (nSPS) is 18.9. The summed E-state index contributed by atoms with van der Waals surface area (Å²) in [5, 5.41) is 15.7. The van der Waals surface area contributed by atoms with E-state index < -0.39 is 0 Å². The van der Waals surface area contributed by atoms with E-state index in [1.165, 1.54) is 32.1 Å². The van der Waals surface area contributed by atoms with Gasteiger partial charge in [-0.2, -0.15) is 0 Å². The van der Waals surface area contributed by atoms with Gasteiger partial charge >= 0.3 is 0 Å². The Morgan fingerprint density at radius 3 is 2.56 bits per heavy atom. The van der Waals surface area contributed by atoms with Crippen LogP contribution in [0.2, 0.25) is 0 Å². The number of amides is 1. The van der Waals surface area contributed by atoms with E-state index in [2.05, 4.69) is 39.6 Å². The van der Waals surface area contributed by atoms with Crippen LogP contribution in [0.15, 0.2) is 41.8 Å². The Bertz CT molecular complexity index is 1150. The summed E-state index contributed by atoms with van der Waals surface area (Å²) < 4.78 is 0. The second-order valence-corrected chi connectivity index (χ2v) is 11.3. The Labute approximate surface area is 218 Å². The van der Waals surface area contributed by atoms with Crippen LogP contribution in [0.4, 0.5) is 0 Å². The predicted molar refractivity (Wildman–Crippen MR) is 147 cm³/mol. The predicted octanol–water partition coefficient (Wildman–Crippen LogP) is 4.77. The Hall–Kier alpha value is -2.32. The number of β-amino-alcohol motifs (C(OH)–C–C–N with tert-alkyl or cyclic N) is 1. The van der Waals surface area contributed by atoms with Gasteiger partial charge in [0.2, 0.25) is 0 Å². The highest BCUT2D eigenvalue weighted by atomic mass is 32.1. The molecule has 3 aromatic rings. The van der Waals surface area contributed by atoms with Gasteiger partial charge in [-0.05, 0) is 43.2 Å². The van der Waals surface area contributed by atoms with E-state index in [9.17, 15) is 9.90 Å². The summed E-state index contributed by atoms with van der Waals surface area (Å²) in [5.41, 5.74) is 3.61. The molecular formula is C29H38N4O2S. The second-order valence-electron chi connectivity index (χ2n) is 10.3. The third-order valence-electron chi connectivity index (χ3n) is 7.95. The molecule has 1 aromatic carbocycles. The lowest BCUT2D eigenvalue weighted by atomic mass is 9.84. The molecule has 1 amide bonds. The molecule has 2 aromatic heterocycles. The lowest BCUT2D eigenvalue weighted by Crippen LogP contribution is -2.47. The molecule has 0 bridgehead atoms. The van der Waals surface area contributed by atoms with E-state index in [-0.39, 0.29) is 18.6 Å². The molecule has 2 aliphatic rings. The number of fused-ring (bicyclic) bond motifs is 1. The molecule has 2 N–H and O–H groups in total. The van der Waals surface area contributed by atoms with E-state index in [1.807, 2.05) is 24.3 Å². The molecule has 1 atom stereocenters. The molecule has 6 nitrogen and oxygen atoms in total. The van der Waals surface area contributed by atoms with Crippen molar-refractivity contribution in [3.05, 3.63) is 52.9 Å². The van der Waals surface area contributed by atoms with Crippen LogP contribution < -0.4 is 5.32 Å². The van der Waals surface area contributed by atoms with Gasteiger partial charge in [0.1, 0.15) is 0 Å². The number of rotatable bonds is 8. The smallest absolute Gasteiger partial charge is 0.252 e. The summed E-state index contributed by atoms with van der Waals surface area (Å²) in [6.45, 7) is 7.47. The molecule has 1 aliphatic heterocycles. The fraction of sp³-hybridized carbons (Fsp3) is 0.517. The summed E-state index contributed by atoms with van der Waals surface area (Å²) in [7, 11) is 0. The van der Waals surface area contributed by atoms with Crippen LogP contribution in [-0.4, -0.2) is 71.2 Å². The highest BCUT2D eigenvalue weighted by molar-refractivity contribution is 7.13. The second kappa shape index (κ2) is 11.8. The zero-order chi connectivity index (χ0) is 24.9. The maximum absolute atomic E-state index is 14.0. The minimum absolute atomic E-state index is 0.0263. The monoisotopic (exact) mass is 506 g/mol. The van der Waals surface area contributed by atoms with Crippen molar-refractivity contribution in [3.8, 4) is 10.6 Å². The zero-order valence-corrected chi connectivity index (χ0v) is 22.1. The van der Waals surface area contributed by atoms with Gasteiger partial charge in [-0.3, -0.25) is 14.6 Å². The number of hydrogen-bond acceptors (Lipinski definition) is 6. The minimum Gasteiger partial charge on any atom is -0.395 e. The SMILES string of the molecule is C[C@H](NC(=O)c1c(CN2CCN(CCO)CC2)c(-c2cccs2)nc2ccccc12)C1CCCCC1. The number of pyridine rings is 1. The number of aliphatic hydroxyl groups excluding tert-OH is 1. The molecule has 0 radical (unpaired) electrons. The van der Waals surface area contributed by atoms with Crippen LogP contribution in [0.3, 0.4) is 0 Å².